The van der Waals surface area contributed by atoms with E-state index in [1.165, 1.54) is 29.2 Å². The summed E-state index contributed by atoms with van der Waals surface area (Å²) in [5, 5.41) is 4.02. The predicted molar refractivity (Wildman–Crippen MR) is 89.9 cm³/mol. The second kappa shape index (κ2) is 6.80. The summed E-state index contributed by atoms with van der Waals surface area (Å²) in [4.78, 5) is 0. The van der Waals surface area contributed by atoms with Crippen LogP contribution >= 0.6 is 18.4 Å². The van der Waals surface area contributed by atoms with Crippen molar-refractivity contribution >= 4 is 25.4 Å². The molecule has 23 heavy (non-hydrogen) atoms. The van der Waals surface area contributed by atoms with Crippen LogP contribution in [0.4, 0.5) is 13.2 Å². The van der Waals surface area contributed by atoms with Crippen molar-refractivity contribution in [3.05, 3.63) is 49.9 Å². The minimum absolute atomic E-state index is 0.165. The molecule has 0 aliphatic heterocycles. The number of hydrogen-bond acceptors (Lipinski definition) is 3. The van der Waals surface area contributed by atoms with Crippen LogP contribution in [0.3, 0.4) is 0 Å². The first-order chi connectivity index (χ1) is 10.6. The molecule has 0 unspecified atom stereocenters. The van der Waals surface area contributed by atoms with Gasteiger partial charge in [0.2, 0.25) is 0 Å². The standard InChI is InChI=1S/C14H16F3IN2O2S/c1-11(2)9-20-10-13(8-19-20)18(12-6-4-3-5-7-12)23(21,22)14(15,16)17/h3-8,10-11H,9H2,1-2H3. The maximum absolute atomic E-state index is 13.1. The molecule has 0 radical (unpaired) electrons. The molecular weight excluding hydrogens is 444 g/mol. The Morgan fingerprint density at radius 1 is 1.17 bits per heavy atom. The zero-order valence-corrected chi connectivity index (χ0v) is 15.4. The third-order valence-corrected chi connectivity index (χ3v) is 14.6. The fourth-order valence-electron chi connectivity index (χ4n) is 1.88. The molecule has 0 bridgehead atoms. The van der Waals surface area contributed by atoms with E-state index in [0.717, 1.165) is 0 Å². The molecule has 2 aromatic rings. The van der Waals surface area contributed by atoms with E-state index in [1.54, 1.807) is 18.2 Å². The third kappa shape index (κ3) is 4.06. The van der Waals surface area contributed by atoms with Crippen molar-refractivity contribution in [3.63, 3.8) is 0 Å². The summed E-state index contributed by atoms with van der Waals surface area (Å²) in [6.07, 6.45) is 2.69. The molecule has 4 nitrogen and oxygen atoms in total. The zero-order valence-electron chi connectivity index (χ0n) is 12.5. The van der Waals surface area contributed by atoms with Crippen molar-refractivity contribution in [1.29, 1.82) is 0 Å². The van der Waals surface area contributed by atoms with Crippen LogP contribution in [0.5, 0.6) is 0 Å². The Bertz CT molecular complexity index is 758. The van der Waals surface area contributed by atoms with Gasteiger partial charge >= 0.3 is 138 Å². The van der Waals surface area contributed by atoms with Gasteiger partial charge in [-0.05, 0) is 0 Å². The van der Waals surface area contributed by atoms with Crippen molar-refractivity contribution in [2.24, 2.45) is 5.92 Å². The molecule has 0 amide bonds. The van der Waals surface area contributed by atoms with Gasteiger partial charge in [-0.3, -0.25) is 0 Å². The summed E-state index contributed by atoms with van der Waals surface area (Å²) >= 11 is -3.77. The van der Waals surface area contributed by atoms with Gasteiger partial charge in [-0.2, -0.15) is 0 Å². The monoisotopic (exact) mass is 460 g/mol. The van der Waals surface area contributed by atoms with E-state index in [4.69, 9.17) is 0 Å². The average Bonchev–Trinajstić information content (AvgIpc) is 2.85. The first-order valence-electron chi connectivity index (χ1n) is 6.72. The Morgan fingerprint density at radius 3 is 2.30 bits per heavy atom. The predicted octanol–water partition coefficient (Wildman–Crippen LogP) is 3.93. The van der Waals surface area contributed by atoms with Crippen LogP contribution in [-0.4, -0.2) is 23.7 Å². The van der Waals surface area contributed by atoms with Crippen LogP contribution < -0.4 is 0 Å². The second-order valence-electron chi connectivity index (χ2n) is 5.20. The van der Waals surface area contributed by atoms with Crippen molar-refractivity contribution < 1.29 is 21.6 Å². The molecule has 0 aliphatic rings. The van der Waals surface area contributed by atoms with Crippen LogP contribution in [0.1, 0.15) is 13.8 Å². The number of nitrogens with zero attached hydrogens (tertiary/aromatic N) is 2. The van der Waals surface area contributed by atoms with Crippen molar-refractivity contribution in [1.82, 2.24) is 9.78 Å². The summed E-state index contributed by atoms with van der Waals surface area (Å²) in [5.74, 6) is 0.251. The van der Waals surface area contributed by atoms with E-state index >= 15 is 0 Å². The Labute approximate surface area is 138 Å². The first-order valence-corrected chi connectivity index (χ1v) is 12.9. The number of aromatic nitrogens is 2. The zero-order chi connectivity index (χ0) is 17.3. The molecule has 1 heterocycles. The quantitative estimate of drug-likeness (QED) is 0.502. The first kappa shape index (κ1) is 18.2. The van der Waals surface area contributed by atoms with Gasteiger partial charge in [-0.25, -0.2) is 0 Å². The van der Waals surface area contributed by atoms with Crippen LogP contribution in [0.15, 0.2) is 42.7 Å². The molecular formula is C14H16F3IN2O2S. The summed E-state index contributed by atoms with van der Waals surface area (Å²) in [5.41, 5.74) is -5.27. The van der Waals surface area contributed by atoms with Gasteiger partial charge in [0.05, 0.1) is 0 Å². The SMILES string of the molecule is CC(C)Cn1cc(I(c2ccccc2)S(=O)(=O)C(F)(F)F)cn1. The molecule has 0 fully saturated rings. The molecule has 2 rings (SSSR count). The van der Waals surface area contributed by atoms with Crippen LogP contribution in [0.25, 0.3) is 0 Å². The summed E-state index contributed by atoms with van der Waals surface area (Å²) in [7, 11) is -5.26. The molecule has 1 aromatic carbocycles. The number of rotatable bonds is 5. The van der Waals surface area contributed by atoms with Gasteiger partial charge in [0.1, 0.15) is 0 Å². The molecule has 0 saturated heterocycles. The molecule has 128 valence electrons. The number of hydrogen-bond donors (Lipinski definition) is 0. The second-order valence-corrected chi connectivity index (χ2v) is 16.0. The molecule has 0 atom stereocenters. The average molecular weight is 460 g/mol. The Hall–Kier alpha value is -1.10. The maximum atomic E-state index is 13.1. The van der Waals surface area contributed by atoms with Gasteiger partial charge in [-0.15, -0.1) is 0 Å². The molecule has 0 spiro atoms. The van der Waals surface area contributed by atoms with E-state index in [0.29, 0.717) is 6.54 Å². The fourth-order valence-corrected chi connectivity index (χ4v) is 12.0. The molecule has 0 saturated carbocycles. The van der Waals surface area contributed by atoms with Gasteiger partial charge in [0.15, 0.2) is 0 Å². The van der Waals surface area contributed by atoms with Crippen LogP contribution in [0.2, 0.25) is 0 Å². The number of benzene rings is 1. The van der Waals surface area contributed by atoms with Crippen molar-refractivity contribution in [2.75, 3.05) is 0 Å². The fraction of sp³-hybridized carbons (Fsp3) is 0.357. The van der Waals surface area contributed by atoms with Gasteiger partial charge in [-0.1, -0.05) is 0 Å². The van der Waals surface area contributed by atoms with Gasteiger partial charge in [0.25, 0.3) is 0 Å². The Morgan fingerprint density at radius 2 is 1.78 bits per heavy atom. The van der Waals surface area contributed by atoms with E-state index in [-0.39, 0.29) is 13.1 Å². The summed E-state index contributed by atoms with van der Waals surface area (Å²) in [6.45, 7) is 4.41. The summed E-state index contributed by atoms with van der Waals surface area (Å²) < 4.78 is 65.4. The van der Waals surface area contributed by atoms with Gasteiger partial charge < -0.3 is 0 Å². The van der Waals surface area contributed by atoms with Crippen molar-refractivity contribution in [2.45, 2.75) is 25.9 Å². The molecule has 1 aromatic heterocycles. The van der Waals surface area contributed by atoms with Crippen LogP contribution in [0, 0.1) is 13.1 Å². The number of halogens is 4. The molecule has 0 aliphatic carbocycles. The molecule has 0 N–H and O–H groups in total. The van der Waals surface area contributed by atoms with E-state index in [9.17, 15) is 21.6 Å². The van der Waals surface area contributed by atoms with E-state index < -0.39 is 31.0 Å². The van der Waals surface area contributed by atoms with Crippen LogP contribution in [-0.2, 0) is 13.6 Å². The normalized spacial score (nSPS) is 13.4. The topological polar surface area (TPSA) is 52.0 Å². The van der Waals surface area contributed by atoms with E-state index in [1.807, 2.05) is 13.8 Å². The minimum atomic E-state index is -5.27. The third-order valence-electron chi connectivity index (χ3n) is 2.76. The van der Waals surface area contributed by atoms with Crippen molar-refractivity contribution in [3.8, 4) is 0 Å². The molecule has 9 heteroatoms. The Kier molecular flexibility index (Phi) is 5.39. The summed E-state index contributed by atoms with van der Waals surface area (Å²) in [6, 6.07) is 7.61. The Balaban J connectivity index is 2.53. The van der Waals surface area contributed by atoms with Gasteiger partial charge in [0, 0.05) is 0 Å². The van der Waals surface area contributed by atoms with E-state index in [2.05, 4.69) is 5.10 Å². The number of alkyl halides is 3.